The number of benzene rings is 1. The van der Waals surface area contributed by atoms with Crippen LogP contribution in [0.15, 0.2) is 72.0 Å². The summed E-state index contributed by atoms with van der Waals surface area (Å²) in [7, 11) is -3.74. The largest absolute Gasteiger partial charge is 0.265 e. The third kappa shape index (κ3) is 4.19. The molecule has 3 aromatic rings. The van der Waals surface area contributed by atoms with Gasteiger partial charge in [0.05, 0.1) is 17.3 Å². The van der Waals surface area contributed by atoms with Crippen molar-refractivity contribution in [2.24, 2.45) is 0 Å². The Balaban J connectivity index is 1.92. The lowest BCUT2D eigenvalue weighted by atomic mass is 10.1. The first-order valence-corrected chi connectivity index (χ1v) is 9.85. The van der Waals surface area contributed by atoms with Crippen molar-refractivity contribution in [1.82, 2.24) is 14.3 Å². The van der Waals surface area contributed by atoms with Crippen LogP contribution < -0.4 is 0 Å². The summed E-state index contributed by atoms with van der Waals surface area (Å²) in [4.78, 5) is 8.31. The van der Waals surface area contributed by atoms with Gasteiger partial charge in [0.2, 0.25) is 0 Å². The van der Waals surface area contributed by atoms with Crippen LogP contribution in [0.3, 0.4) is 0 Å². The third-order valence-corrected chi connectivity index (χ3v) is 5.92. The van der Waals surface area contributed by atoms with E-state index in [0.29, 0.717) is 17.8 Å². The molecule has 0 N–H and O–H groups in total. The average molecular weight is 378 g/mol. The molecule has 0 saturated heterocycles. The Morgan fingerprint density at radius 2 is 1.74 bits per heavy atom. The number of aromatic nitrogens is 2. The molecule has 0 aliphatic carbocycles. The fourth-order valence-electron chi connectivity index (χ4n) is 2.63. The Bertz CT molecular complexity index is 1060. The number of pyridine rings is 2. The van der Waals surface area contributed by atoms with Crippen LogP contribution in [-0.4, -0.2) is 29.2 Å². The van der Waals surface area contributed by atoms with Gasteiger partial charge in [0.15, 0.2) is 5.03 Å². The zero-order chi connectivity index (χ0) is 19.3. The quantitative estimate of drug-likeness (QED) is 0.657. The molecule has 0 unspecified atom stereocenters. The van der Waals surface area contributed by atoms with E-state index in [1.165, 1.54) is 10.4 Å². The highest BCUT2D eigenvalue weighted by molar-refractivity contribution is 7.89. The van der Waals surface area contributed by atoms with Crippen molar-refractivity contribution in [3.63, 3.8) is 0 Å². The number of hydrogen-bond acceptors (Lipinski definition) is 5. The monoisotopic (exact) mass is 378 g/mol. The van der Waals surface area contributed by atoms with Crippen LogP contribution in [0.25, 0.3) is 11.3 Å². The minimum atomic E-state index is -3.74. The molecular weight excluding hydrogens is 360 g/mol. The van der Waals surface area contributed by atoms with E-state index in [-0.39, 0.29) is 11.6 Å². The molecule has 0 bridgehead atoms. The molecule has 2 heterocycles. The molecule has 0 saturated carbocycles. The first kappa shape index (κ1) is 18.7. The lowest BCUT2D eigenvalue weighted by molar-refractivity contribution is 0.421. The van der Waals surface area contributed by atoms with Crippen molar-refractivity contribution in [3.05, 3.63) is 78.1 Å². The molecule has 136 valence electrons. The average Bonchev–Trinajstić information content (AvgIpc) is 2.73. The first-order valence-electron chi connectivity index (χ1n) is 8.41. The molecule has 0 aliphatic heterocycles. The van der Waals surface area contributed by atoms with Crippen molar-refractivity contribution in [2.75, 3.05) is 6.54 Å². The highest BCUT2D eigenvalue weighted by Crippen LogP contribution is 2.22. The number of nitriles is 1. The summed E-state index contributed by atoms with van der Waals surface area (Å²) in [5, 5.41) is 8.91. The van der Waals surface area contributed by atoms with Gasteiger partial charge in [-0.15, -0.1) is 0 Å². The maximum atomic E-state index is 13.1. The van der Waals surface area contributed by atoms with E-state index in [1.54, 1.807) is 67.8 Å². The number of nitrogens with zero attached hydrogens (tertiary/aromatic N) is 4. The predicted octanol–water partition coefficient (Wildman–Crippen LogP) is 3.23. The van der Waals surface area contributed by atoms with Crippen LogP contribution in [0, 0.1) is 11.3 Å². The molecule has 7 heteroatoms. The SMILES string of the molecule is CCN(Cc1ccncc1)S(=O)(=O)c1cccc(-c2ccc(C#N)cc2)n1. The predicted molar refractivity (Wildman–Crippen MR) is 102 cm³/mol. The molecule has 0 radical (unpaired) electrons. The second kappa shape index (κ2) is 8.08. The van der Waals surface area contributed by atoms with Crippen LogP contribution in [0.4, 0.5) is 0 Å². The van der Waals surface area contributed by atoms with E-state index in [0.717, 1.165) is 11.1 Å². The Labute approximate surface area is 158 Å². The van der Waals surface area contributed by atoms with Gasteiger partial charge in [-0.2, -0.15) is 9.57 Å². The van der Waals surface area contributed by atoms with Gasteiger partial charge >= 0.3 is 0 Å². The van der Waals surface area contributed by atoms with Crippen molar-refractivity contribution < 1.29 is 8.42 Å². The van der Waals surface area contributed by atoms with Crippen molar-refractivity contribution in [3.8, 4) is 17.3 Å². The van der Waals surface area contributed by atoms with Gasteiger partial charge in [-0.05, 0) is 42.0 Å². The lowest BCUT2D eigenvalue weighted by Crippen LogP contribution is -2.31. The Hall–Kier alpha value is -3.08. The molecule has 0 aliphatic rings. The lowest BCUT2D eigenvalue weighted by Gasteiger charge is -2.20. The number of hydrogen-bond donors (Lipinski definition) is 0. The summed E-state index contributed by atoms with van der Waals surface area (Å²) in [6.45, 7) is 2.38. The van der Waals surface area contributed by atoms with Crippen LogP contribution in [0.1, 0.15) is 18.1 Å². The topological polar surface area (TPSA) is 87.0 Å². The van der Waals surface area contributed by atoms with E-state index in [4.69, 9.17) is 5.26 Å². The van der Waals surface area contributed by atoms with Crippen molar-refractivity contribution >= 4 is 10.0 Å². The fraction of sp³-hybridized carbons (Fsp3) is 0.150. The Morgan fingerprint density at radius 3 is 2.37 bits per heavy atom. The Morgan fingerprint density at radius 1 is 1.04 bits per heavy atom. The second-order valence-corrected chi connectivity index (χ2v) is 7.72. The molecule has 27 heavy (non-hydrogen) atoms. The van der Waals surface area contributed by atoms with E-state index in [1.807, 2.05) is 0 Å². The minimum absolute atomic E-state index is 0.000246. The summed E-state index contributed by atoms with van der Waals surface area (Å²) in [5.41, 5.74) is 2.69. The van der Waals surface area contributed by atoms with E-state index < -0.39 is 10.0 Å². The van der Waals surface area contributed by atoms with Gasteiger partial charge in [-0.25, -0.2) is 13.4 Å². The highest BCUT2D eigenvalue weighted by Gasteiger charge is 2.25. The van der Waals surface area contributed by atoms with E-state index in [2.05, 4.69) is 16.0 Å². The fourth-order valence-corrected chi connectivity index (χ4v) is 4.01. The van der Waals surface area contributed by atoms with Crippen LogP contribution in [-0.2, 0) is 16.6 Å². The molecule has 0 atom stereocenters. The maximum Gasteiger partial charge on any atom is 0.260 e. The second-order valence-electron chi connectivity index (χ2n) is 5.84. The number of rotatable bonds is 6. The van der Waals surface area contributed by atoms with Gasteiger partial charge in [0.1, 0.15) is 0 Å². The Kier molecular flexibility index (Phi) is 5.60. The number of sulfonamides is 1. The summed E-state index contributed by atoms with van der Waals surface area (Å²) in [6.07, 6.45) is 3.28. The standard InChI is InChI=1S/C20H18N4O2S/c1-2-24(15-17-10-12-22-13-11-17)27(25,26)20-5-3-4-19(23-20)18-8-6-16(14-21)7-9-18/h3-13H,2,15H2,1H3. The molecule has 2 aromatic heterocycles. The smallest absolute Gasteiger partial charge is 0.260 e. The summed E-state index contributed by atoms with van der Waals surface area (Å²) >= 11 is 0. The first-order chi connectivity index (χ1) is 13.0. The van der Waals surface area contributed by atoms with Crippen LogP contribution >= 0.6 is 0 Å². The van der Waals surface area contributed by atoms with Gasteiger partial charge in [-0.1, -0.05) is 25.1 Å². The zero-order valence-electron chi connectivity index (χ0n) is 14.8. The molecule has 6 nitrogen and oxygen atoms in total. The summed E-state index contributed by atoms with van der Waals surface area (Å²) in [6, 6.07) is 17.4. The van der Waals surface area contributed by atoms with E-state index in [9.17, 15) is 8.42 Å². The van der Waals surface area contributed by atoms with Gasteiger partial charge in [0.25, 0.3) is 10.0 Å². The molecule has 1 aromatic carbocycles. The third-order valence-electron chi connectivity index (χ3n) is 4.10. The van der Waals surface area contributed by atoms with Crippen molar-refractivity contribution in [2.45, 2.75) is 18.5 Å². The van der Waals surface area contributed by atoms with Crippen LogP contribution in [0.5, 0.6) is 0 Å². The maximum absolute atomic E-state index is 13.1. The van der Waals surface area contributed by atoms with Gasteiger partial charge in [0, 0.05) is 31.0 Å². The molecular formula is C20H18N4O2S. The summed E-state index contributed by atoms with van der Waals surface area (Å²) < 4.78 is 27.5. The minimum Gasteiger partial charge on any atom is -0.265 e. The molecule has 3 rings (SSSR count). The van der Waals surface area contributed by atoms with Crippen LogP contribution in [0.2, 0.25) is 0 Å². The van der Waals surface area contributed by atoms with Gasteiger partial charge in [-0.3, -0.25) is 4.98 Å². The molecule has 0 fully saturated rings. The summed E-state index contributed by atoms with van der Waals surface area (Å²) in [5.74, 6) is 0. The molecule has 0 spiro atoms. The molecule has 0 amide bonds. The zero-order valence-corrected chi connectivity index (χ0v) is 15.6. The van der Waals surface area contributed by atoms with Gasteiger partial charge < -0.3 is 0 Å². The van der Waals surface area contributed by atoms with Crippen molar-refractivity contribution in [1.29, 1.82) is 5.26 Å². The normalized spacial score (nSPS) is 11.3. The van der Waals surface area contributed by atoms with E-state index >= 15 is 0 Å². The highest BCUT2D eigenvalue weighted by atomic mass is 32.2.